The lowest BCUT2D eigenvalue weighted by Gasteiger charge is -2.19. The van der Waals surface area contributed by atoms with E-state index in [4.69, 9.17) is 28.9 Å². The molecular formula is C14H14Cl2N4. The van der Waals surface area contributed by atoms with E-state index in [9.17, 15) is 0 Å². The maximum absolute atomic E-state index is 5.94. The number of nitrogens with one attached hydrogen (secondary N) is 1. The van der Waals surface area contributed by atoms with E-state index in [2.05, 4.69) is 15.3 Å². The van der Waals surface area contributed by atoms with E-state index in [1.54, 1.807) is 6.07 Å². The lowest BCUT2D eigenvalue weighted by atomic mass is 10.0. The van der Waals surface area contributed by atoms with Gasteiger partial charge in [0.15, 0.2) is 0 Å². The van der Waals surface area contributed by atoms with Crippen LogP contribution in [0.5, 0.6) is 0 Å². The summed E-state index contributed by atoms with van der Waals surface area (Å²) in [6.45, 7) is 0. The Labute approximate surface area is 127 Å². The van der Waals surface area contributed by atoms with Crippen LogP contribution in [0, 0.1) is 5.92 Å². The van der Waals surface area contributed by atoms with E-state index in [0.717, 1.165) is 5.02 Å². The Balaban J connectivity index is 1.86. The zero-order valence-corrected chi connectivity index (χ0v) is 12.2. The Morgan fingerprint density at radius 1 is 1.15 bits per heavy atom. The van der Waals surface area contributed by atoms with Crippen molar-refractivity contribution in [2.45, 2.75) is 18.9 Å². The second kappa shape index (κ2) is 5.46. The highest BCUT2D eigenvalue weighted by Gasteiger charge is 2.32. The van der Waals surface area contributed by atoms with Crippen LogP contribution in [0.15, 0.2) is 30.3 Å². The topological polar surface area (TPSA) is 63.8 Å². The standard InChI is InChI=1S/C14H14Cl2N4/c15-10-5-3-9(4-6-10)13(8-1-2-8)19-12-7-11(16)18-14(17)20-12/h3-8,13H,1-2H2,(H3,17,18,19,20). The molecule has 6 heteroatoms. The molecule has 1 unspecified atom stereocenters. The average Bonchev–Trinajstić information content (AvgIpc) is 3.20. The van der Waals surface area contributed by atoms with Gasteiger partial charge in [-0.05, 0) is 36.5 Å². The van der Waals surface area contributed by atoms with Gasteiger partial charge >= 0.3 is 0 Å². The predicted octanol–water partition coefficient (Wildman–Crippen LogP) is 3.93. The Bertz CT molecular complexity index is 591. The van der Waals surface area contributed by atoms with Crippen LogP contribution in [-0.2, 0) is 0 Å². The summed E-state index contributed by atoms with van der Waals surface area (Å²) in [6, 6.07) is 9.74. The average molecular weight is 309 g/mol. The van der Waals surface area contributed by atoms with Crippen LogP contribution < -0.4 is 11.1 Å². The minimum absolute atomic E-state index is 0.172. The number of hydrogen-bond donors (Lipinski definition) is 2. The molecule has 20 heavy (non-hydrogen) atoms. The molecule has 0 spiro atoms. The first-order chi connectivity index (χ1) is 9.61. The summed E-state index contributed by atoms with van der Waals surface area (Å²) in [5, 5.41) is 4.47. The minimum atomic E-state index is 0.172. The molecule has 1 fully saturated rings. The lowest BCUT2D eigenvalue weighted by Crippen LogP contribution is -2.14. The van der Waals surface area contributed by atoms with Crippen molar-refractivity contribution in [3.8, 4) is 0 Å². The predicted molar refractivity (Wildman–Crippen MR) is 82.0 cm³/mol. The Morgan fingerprint density at radius 3 is 2.45 bits per heavy atom. The molecule has 0 radical (unpaired) electrons. The third-order valence-electron chi connectivity index (χ3n) is 3.34. The Hall–Kier alpha value is -1.52. The molecule has 0 saturated heterocycles. The van der Waals surface area contributed by atoms with Crippen LogP contribution in [0.1, 0.15) is 24.4 Å². The number of nitrogens with zero attached hydrogens (tertiary/aromatic N) is 2. The van der Waals surface area contributed by atoms with Gasteiger partial charge in [-0.25, -0.2) is 4.98 Å². The summed E-state index contributed by atoms with van der Waals surface area (Å²) >= 11 is 11.8. The van der Waals surface area contributed by atoms with Gasteiger partial charge in [0, 0.05) is 11.1 Å². The van der Waals surface area contributed by atoms with E-state index in [0.29, 0.717) is 16.9 Å². The zero-order valence-electron chi connectivity index (χ0n) is 10.7. The van der Waals surface area contributed by atoms with Crippen LogP contribution in [0.25, 0.3) is 0 Å². The molecule has 2 aromatic rings. The Morgan fingerprint density at radius 2 is 1.85 bits per heavy atom. The molecule has 1 atom stereocenters. The van der Waals surface area contributed by atoms with Crippen LogP contribution >= 0.6 is 23.2 Å². The zero-order chi connectivity index (χ0) is 14.1. The van der Waals surface area contributed by atoms with E-state index < -0.39 is 0 Å². The molecule has 0 amide bonds. The van der Waals surface area contributed by atoms with Crippen molar-refractivity contribution < 1.29 is 0 Å². The van der Waals surface area contributed by atoms with Gasteiger partial charge in [0.2, 0.25) is 5.95 Å². The molecular weight excluding hydrogens is 295 g/mol. The van der Waals surface area contributed by atoms with Crippen LogP contribution in [0.3, 0.4) is 0 Å². The normalized spacial score (nSPS) is 15.9. The van der Waals surface area contributed by atoms with Gasteiger partial charge in [0.05, 0.1) is 6.04 Å². The fourth-order valence-electron chi connectivity index (χ4n) is 2.24. The number of nitrogens with two attached hydrogens (primary N) is 1. The number of benzene rings is 1. The molecule has 1 aromatic carbocycles. The van der Waals surface area contributed by atoms with Crippen molar-refractivity contribution in [2.24, 2.45) is 5.92 Å². The van der Waals surface area contributed by atoms with Crippen molar-refractivity contribution >= 4 is 35.0 Å². The minimum Gasteiger partial charge on any atom is -0.368 e. The molecule has 1 aliphatic rings. The van der Waals surface area contributed by atoms with Gasteiger partial charge in [-0.2, -0.15) is 4.98 Å². The molecule has 0 bridgehead atoms. The number of halogens is 2. The van der Waals surface area contributed by atoms with Crippen LogP contribution in [0.2, 0.25) is 10.2 Å². The van der Waals surface area contributed by atoms with Crippen molar-refractivity contribution in [1.82, 2.24) is 9.97 Å². The summed E-state index contributed by atoms with van der Waals surface area (Å²) in [5.41, 5.74) is 6.81. The highest BCUT2D eigenvalue weighted by atomic mass is 35.5. The second-order valence-electron chi connectivity index (χ2n) is 4.95. The van der Waals surface area contributed by atoms with Crippen LogP contribution in [-0.4, -0.2) is 9.97 Å². The van der Waals surface area contributed by atoms with Crippen LogP contribution in [0.4, 0.5) is 11.8 Å². The summed E-state index contributed by atoms with van der Waals surface area (Å²) in [4.78, 5) is 8.03. The van der Waals surface area contributed by atoms with Gasteiger partial charge in [0.25, 0.3) is 0 Å². The largest absolute Gasteiger partial charge is 0.368 e. The summed E-state index contributed by atoms with van der Waals surface area (Å²) in [6.07, 6.45) is 2.41. The fraction of sp³-hybridized carbons (Fsp3) is 0.286. The first kappa shape index (κ1) is 13.5. The molecule has 1 aliphatic carbocycles. The molecule has 0 aliphatic heterocycles. The number of anilines is 2. The van der Waals surface area contributed by atoms with Crippen molar-refractivity contribution in [1.29, 1.82) is 0 Å². The number of rotatable bonds is 4. The van der Waals surface area contributed by atoms with Gasteiger partial charge in [-0.15, -0.1) is 0 Å². The van der Waals surface area contributed by atoms with Crippen molar-refractivity contribution in [3.05, 3.63) is 46.1 Å². The first-order valence-electron chi connectivity index (χ1n) is 6.44. The second-order valence-corrected chi connectivity index (χ2v) is 5.77. The molecule has 4 nitrogen and oxygen atoms in total. The molecule has 3 N–H and O–H groups in total. The van der Waals surface area contributed by atoms with E-state index in [1.807, 2.05) is 24.3 Å². The summed E-state index contributed by atoms with van der Waals surface area (Å²) in [5.74, 6) is 1.42. The number of hydrogen-bond acceptors (Lipinski definition) is 4. The maximum atomic E-state index is 5.94. The molecule has 3 rings (SSSR count). The summed E-state index contributed by atoms with van der Waals surface area (Å²) in [7, 11) is 0. The molecule has 1 aromatic heterocycles. The van der Waals surface area contributed by atoms with Crippen molar-refractivity contribution in [2.75, 3.05) is 11.1 Å². The third-order valence-corrected chi connectivity index (χ3v) is 3.78. The highest BCUT2D eigenvalue weighted by Crippen LogP contribution is 2.43. The number of nitrogen functional groups attached to an aromatic ring is 1. The van der Waals surface area contributed by atoms with Gasteiger partial charge in [0.1, 0.15) is 11.0 Å². The Kier molecular flexibility index (Phi) is 3.68. The van der Waals surface area contributed by atoms with E-state index >= 15 is 0 Å². The van der Waals surface area contributed by atoms with E-state index in [-0.39, 0.29) is 12.0 Å². The van der Waals surface area contributed by atoms with E-state index in [1.165, 1.54) is 18.4 Å². The molecule has 1 saturated carbocycles. The molecule has 104 valence electrons. The van der Waals surface area contributed by atoms with Gasteiger partial charge < -0.3 is 11.1 Å². The third kappa shape index (κ3) is 3.14. The van der Waals surface area contributed by atoms with Crippen molar-refractivity contribution in [3.63, 3.8) is 0 Å². The lowest BCUT2D eigenvalue weighted by molar-refractivity contribution is 0.675. The summed E-state index contributed by atoms with van der Waals surface area (Å²) < 4.78 is 0. The number of aromatic nitrogens is 2. The molecule has 1 heterocycles. The van der Waals surface area contributed by atoms with Gasteiger partial charge in [-0.3, -0.25) is 0 Å². The maximum Gasteiger partial charge on any atom is 0.223 e. The quantitative estimate of drug-likeness (QED) is 0.840. The first-order valence-corrected chi connectivity index (χ1v) is 7.19. The monoisotopic (exact) mass is 308 g/mol. The SMILES string of the molecule is Nc1nc(Cl)cc(NC(c2ccc(Cl)cc2)C2CC2)n1. The smallest absolute Gasteiger partial charge is 0.223 e. The van der Waals surface area contributed by atoms with Gasteiger partial charge in [-0.1, -0.05) is 35.3 Å². The fourth-order valence-corrected chi connectivity index (χ4v) is 2.56. The highest BCUT2D eigenvalue weighted by molar-refractivity contribution is 6.30.